The number of hydrogen-bond acceptors (Lipinski definition) is 3. The van der Waals surface area contributed by atoms with Crippen molar-refractivity contribution in [3.05, 3.63) is 86.8 Å². The van der Waals surface area contributed by atoms with Gasteiger partial charge in [-0.2, -0.15) is 0 Å². The van der Waals surface area contributed by atoms with Gasteiger partial charge in [0.2, 0.25) is 0 Å². The lowest BCUT2D eigenvalue weighted by molar-refractivity contribution is 0.102. The third-order valence-electron chi connectivity index (χ3n) is 4.31. The Kier molecular flexibility index (Phi) is 6.31. The molecule has 0 fully saturated rings. The van der Waals surface area contributed by atoms with E-state index in [0.717, 1.165) is 15.6 Å². The molecule has 0 unspecified atom stereocenters. The molecule has 0 aliphatic rings. The average molecular weight is 494 g/mol. The van der Waals surface area contributed by atoms with Crippen molar-refractivity contribution in [3.63, 3.8) is 0 Å². The zero-order valence-corrected chi connectivity index (χ0v) is 18.8. The topological polar surface area (TPSA) is 75.3 Å². The van der Waals surface area contributed by atoms with Crippen molar-refractivity contribution < 1.29 is 13.2 Å². The summed E-state index contributed by atoms with van der Waals surface area (Å²) in [7, 11) is -3.76. The van der Waals surface area contributed by atoms with Crippen LogP contribution in [0.4, 0.5) is 11.4 Å². The Labute approximate surface area is 183 Å². The first-order valence-corrected chi connectivity index (χ1v) is 11.3. The summed E-state index contributed by atoms with van der Waals surface area (Å²) in [5, 5.41) is 3.04. The molecule has 3 rings (SSSR count). The molecule has 0 spiro atoms. The van der Waals surface area contributed by atoms with E-state index in [1.807, 2.05) is 32.0 Å². The maximum absolute atomic E-state index is 12.7. The molecular formula is C21H18BrClN2O3S. The van der Waals surface area contributed by atoms with Gasteiger partial charge in [0.25, 0.3) is 15.9 Å². The molecule has 8 heteroatoms. The second-order valence-electron chi connectivity index (χ2n) is 6.47. The van der Waals surface area contributed by atoms with Crippen LogP contribution in [0.5, 0.6) is 0 Å². The Morgan fingerprint density at radius 2 is 1.59 bits per heavy atom. The first kappa shape index (κ1) is 21.4. The van der Waals surface area contributed by atoms with Gasteiger partial charge in [0.1, 0.15) is 0 Å². The molecule has 3 aromatic carbocycles. The van der Waals surface area contributed by atoms with Crippen LogP contribution in [0.2, 0.25) is 5.02 Å². The zero-order chi connectivity index (χ0) is 21.2. The fourth-order valence-corrected chi connectivity index (χ4v) is 4.52. The van der Waals surface area contributed by atoms with Crippen molar-refractivity contribution >= 4 is 54.8 Å². The van der Waals surface area contributed by atoms with E-state index in [1.54, 1.807) is 18.2 Å². The van der Waals surface area contributed by atoms with E-state index >= 15 is 0 Å². The van der Waals surface area contributed by atoms with Gasteiger partial charge < -0.3 is 5.32 Å². The highest BCUT2D eigenvalue weighted by atomic mass is 79.9. The number of anilines is 2. The molecule has 3 aromatic rings. The molecule has 0 aromatic heterocycles. The standard InChI is InChI=1S/C21H18BrClN2O3S/c1-13-4-3-5-14(2)20(13)25-29(27,28)17-9-7-16(8-10-17)24-21(26)18-12-15(22)6-11-19(18)23/h3-12,25H,1-2H3,(H,24,26). The van der Waals surface area contributed by atoms with Gasteiger partial charge in [0, 0.05) is 10.2 Å². The summed E-state index contributed by atoms with van der Waals surface area (Å²) in [6.45, 7) is 3.69. The van der Waals surface area contributed by atoms with Gasteiger partial charge in [-0.1, -0.05) is 45.7 Å². The normalized spacial score (nSPS) is 11.2. The highest BCUT2D eigenvalue weighted by Gasteiger charge is 2.17. The lowest BCUT2D eigenvalue weighted by Crippen LogP contribution is -2.15. The number of benzene rings is 3. The molecule has 0 aliphatic carbocycles. The summed E-state index contributed by atoms with van der Waals surface area (Å²) < 4.78 is 28.8. The molecule has 29 heavy (non-hydrogen) atoms. The van der Waals surface area contributed by atoms with Crippen LogP contribution in [0, 0.1) is 13.8 Å². The van der Waals surface area contributed by atoms with Crippen LogP contribution < -0.4 is 10.0 Å². The van der Waals surface area contributed by atoms with Gasteiger partial charge >= 0.3 is 0 Å². The quantitative estimate of drug-likeness (QED) is 0.473. The van der Waals surface area contributed by atoms with Crippen LogP contribution in [0.25, 0.3) is 0 Å². The minimum Gasteiger partial charge on any atom is -0.322 e. The van der Waals surface area contributed by atoms with Crippen molar-refractivity contribution in [2.75, 3.05) is 10.0 Å². The van der Waals surface area contributed by atoms with E-state index in [0.29, 0.717) is 22.0 Å². The SMILES string of the molecule is Cc1cccc(C)c1NS(=O)(=O)c1ccc(NC(=O)c2cc(Br)ccc2Cl)cc1. The van der Waals surface area contributed by atoms with E-state index in [9.17, 15) is 13.2 Å². The Morgan fingerprint density at radius 1 is 0.966 bits per heavy atom. The van der Waals surface area contributed by atoms with Crippen LogP contribution in [0.3, 0.4) is 0 Å². The number of para-hydroxylation sites is 1. The lowest BCUT2D eigenvalue weighted by Gasteiger charge is -2.13. The summed E-state index contributed by atoms with van der Waals surface area (Å²) in [4.78, 5) is 12.5. The highest BCUT2D eigenvalue weighted by Crippen LogP contribution is 2.25. The Balaban J connectivity index is 1.79. The predicted octanol–water partition coefficient (Wildman–Crippen LogP) is 5.77. The first-order valence-electron chi connectivity index (χ1n) is 8.63. The third-order valence-corrected chi connectivity index (χ3v) is 6.50. The number of aryl methyl sites for hydroxylation is 2. The number of sulfonamides is 1. The number of halogens is 2. The van der Waals surface area contributed by atoms with Crippen LogP contribution >= 0.6 is 27.5 Å². The Morgan fingerprint density at radius 3 is 2.21 bits per heavy atom. The summed E-state index contributed by atoms with van der Waals surface area (Å²) >= 11 is 9.38. The number of rotatable bonds is 5. The van der Waals surface area contributed by atoms with Crippen molar-refractivity contribution in [3.8, 4) is 0 Å². The predicted molar refractivity (Wildman–Crippen MR) is 120 cm³/mol. The molecule has 0 heterocycles. The van der Waals surface area contributed by atoms with E-state index in [-0.39, 0.29) is 10.8 Å². The number of nitrogens with one attached hydrogen (secondary N) is 2. The molecule has 0 bridgehead atoms. The van der Waals surface area contributed by atoms with Crippen LogP contribution in [0.1, 0.15) is 21.5 Å². The Hall–Kier alpha value is -2.35. The zero-order valence-electron chi connectivity index (χ0n) is 15.7. The molecule has 150 valence electrons. The van der Waals surface area contributed by atoms with Crippen LogP contribution in [-0.4, -0.2) is 14.3 Å². The molecule has 0 saturated heterocycles. The Bertz CT molecular complexity index is 1160. The number of carbonyl (C=O) groups excluding carboxylic acids is 1. The average Bonchev–Trinajstić information content (AvgIpc) is 2.67. The van der Waals surface area contributed by atoms with Crippen molar-refractivity contribution in [1.82, 2.24) is 0 Å². The van der Waals surface area contributed by atoms with E-state index in [4.69, 9.17) is 11.6 Å². The molecular weight excluding hydrogens is 476 g/mol. The summed E-state index contributed by atoms with van der Waals surface area (Å²) in [6.07, 6.45) is 0. The second-order valence-corrected chi connectivity index (χ2v) is 9.48. The summed E-state index contributed by atoms with van der Waals surface area (Å²) in [6, 6.07) is 16.5. The van der Waals surface area contributed by atoms with Gasteiger partial charge in [0.15, 0.2) is 0 Å². The largest absolute Gasteiger partial charge is 0.322 e. The molecule has 5 nitrogen and oxygen atoms in total. The van der Waals surface area contributed by atoms with E-state index in [2.05, 4.69) is 26.0 Å². The highest BCUT2D eigenvalue weighted by molar-refractivity contribution is 9.10. The smallest absolute Gasteiger partial charge is 0.261 e. The van der Waals surface area contributed by atoms with E-state index < -0.39 is 10.0 Å². The molecule has 0 atom stereocenters. The van der Waals surface area contributed by atoms with Crippen molar-refractivity contribution in [2.24, 2.45) is 0 Å². The van der Waals surface area contributed by atoms with Gasteiger partial charge in [-0.3, -0.25) is 9.52 Å². The third kappa shape index (κ3) is 4.98. The molecule has 0 aliphatic heterocycles. The lowest BCUT2D eigenvalue weighted by atomic mass is 10.1. The summed E-state index contributed by atoms with van der Waals surface area (Å²) in [5.41, 5.74) is 3.01. The maximum Gasteiger partial charge on any atom is 0.261 e. The number of hydrogen-bond donors (Lipinski definition) is 2. The molecule has 1 amide bonds. The maximum atomic E-state index is 12.7. The van der Waals surface area contributed by atoms with Crippen LogP contribution in [-0.2, 0) is 10.0 Å². The fourth-order valence-electron chi connectivity index (χ4n) is 2.76. The first-order chi connectivity index (χ1) is 13.7. The fraction of sp³-hybridized carbons (Fsp3) is 0.0952. The van der Waals surface area contributed by atoms with E-state index in [1.165, 1.54) is 24.3 Å². The van der Waals surface area contributed by atoms with Crippen LogP contribution in [0.15, 0.2) is 70.0 Å². The minimum atomic E-state index is -3.76. The van der Waals surface area contributed by atoms with Crippen molar-refractivity contribution in [2.45, 2.75) is 18.7 Å². The van der Waals surface area contributed by atoms with Gasteiger partial charge in [-0.05, 0) is 67.4 Å². The van der Waals surface area contributed by atoms with Gasteiger partial charge in [0.05, 0.1) is 21.2 Å². The van der Waals surface area contributed by atoms with Gasteiger partial charge in [-0.25, -0.2) is 8.42 Å². The van der Waals surface area contributed by atoms with Crippen molar-refractivity contribution in [1.29, 1.82) is 0 Å². The monoisotopic (exact) mass is 492 g/mol. The number of amides is 1. The molecule has 0 saturated carbocycles. The molecule has 2 N–H and O–H groups in total. The van der Waals surface area contributed by atoms with Gasteiger partial charge in [-0.15, -0.1) is 0 Å². The minimum absolute atomic E-state index is 0.0960. The number of carbonyl (C=O) groups is 1. The molecule has 0 radical (unpaired) electrons. The second kappa shape index (κ2) is 8.57. The summed E-state index contributed by atoms with van der Waals surface area (Å²) in [5.74, 6) is -0.388.